The van der Waals surface area contributed by atoms with E-state index >= 15 is 0 Å². The van der Waals surface area contributed by atoms with E-state index in [1.54, 1.807) is 0 Å². The largest absolute Gasteiger partial charge is 0.309 e. The Morgan fingerprint density at radius 3 is 2.24 bits per heavy atom. The molecule has 0 spiro atoms. The summed E-state index contributed by atoms with van der Waals surface area (Å²) >= 11 is 0. The third-order valence-corrected chi connectivity index (χ3v) is 5.11. The second-order valence-corrected chi connectivity index (χ2v) is 8.09. The summed E-state index contributed by atoms with van der Waals surface area (Å²) in [4.78, 5) is 0. The maximum Gasteiger partial charge on any atom is 0.0544 e. The first-order chi connectivity index (χ1) is 11.9. The number of hydrogen-bond acceptors (Lipinski definition) is 0. The van der Waals surface area contributed by atoms with Gasteiger partial charge in [0.15, 0.2) is 0 Å². The highest BCUT2D eigenvalue weighted by molar-refractivity contribution is 6.11. The number of fused-ring (bicyclic) bond motifs is 3. The van der Waals surface area contributed by atoms with Crippen LogP contribution in [-0.2, 0) is 5.41 Å². The molecule has 3 aromatic carbocycles. The van der Waals surface area contributed by atoms with Crippen LogP contribution in [0.4, 0.5) is 0 Å². The monoisotopic (exact) mass is 327 g/mol. The Morgan fingerprint density at radius 1 is 0.760 bits per heavy atom. The highest BCUT2D eigenvalue weighted by Crippen LogP contribution is 2.39. The van der Waals surface area contributed by atoms with Crippen LogP contribution in [0.1, 0.15) is 37.5 Å². The number of benzene rings is 3. The van der Waals surface area contributed by atoms with Crippen LogP contribution in [0, 0.1) is 13.8 Å². The molecule has 0 atom stereocenters. The van der Waals surface area contributed by atoms with Crippen LogP contribution in [0.5, 0.6) is 0 Å². The molecule has 0 aliphatic rings. The first-order valence-electron chi connectivity index (χ1n) is 8.98. The van der Waals surface area contributed by atoms with Gasteiger partial charge >= 0.3 is 0 Å². The zero-order valence-corrected chi connectivity index (χ0v) is 15.7. The first-order valence-corrected chi connectivity index (χ1v) is 8.98. The topological polar surface area (TPSA) is 4.93 Å². The van der Waals surface area contributed by atoms with Crippen LogP contribution < -0.4 is 0 Å². The lowest BCUT2D eigenvalue weighted by Gasteiger charge is -2.20. The second kappa shape index (κ2) is 5.49. The molecule has 1 nitrogen and oxygen atoms in total. The maximum atomic E-state index is 2.43. The number of hydrogen-bond donors (Lipinski definition) is 0. The average Bonchev–Trinajstić information content (AvgIpc) is 2.87. The van der Waals surface area contributed by atoms with Crippen molar-refractivity contribution in [1.82, 2.24) is 4.57 Å². The Labute approximate surface area is 149 Å². The number of para-hydroxylation sites is 1. The van der Waals surface area contributed by atoms with Crippen LogP contribution in [0.15, 0.2) is 60.7 Å². The molecule has 0 saturated carbocycles. The minimum absolute atomic E-state index is 0.106. The molecule has 0 aliphatic carbocycles. The molecule has 0 saturated heterocycles. The SMILES string of the molecule is Cc1ccc2c3c(C(C)(C)C)cccc3n(-c3ccccc3C)c2c1. The van der Waals surface area contributed by atoms with Crippen molar-refractivity contribution in [2.24, 2.45) is 0 Å². The molecular weight excluding hydrogens is 302 g/mol. The Morgan fingerprint density at radius 2 is 1.52 bits per heavy atom. The van der Waals surface area contributed by atoms with E-state index in [2.05, 4.69) is 99.8 Å². The third kappa shape index (κ3) is 2.46. The van der Waals surface area contributed by atoms with E-state index in [0.29, 0.717) is 0 Å². The van der Waals surface area contributed by atoms with Crippen LogP contribution in [0.3, 0.4) is 0 Å². The van der Waals surface area contributed by atoms with E-state index in [-0.39, 0.29) is 5.41 Å². The molecule has 1 aromatic heterocycles. The molecule has 0 unspecified atom stereocenters. The van der Waals surface area contributed by atoms with Crippen molar-refractivity contribution in [2.45, 2.75) is 40.0 Å². The van der Waals surface area contributed by atoms with Gasteiger partial charge in [0.2, 0.25) is 0 Å². The smallest absolute Gasteiger partial charge is 0.0544 e. The van der Waals surface area contributed by atoms with Crippen molar-refractivity contribution in [1.29, 1.82) is 0 Å². The Bertz CT molecular complexity index is 1090. The summed E-state index contributed by atoms with van der Waals surface area (Å²) in [6.45, 7) is 11.3. The quantitative estimate of drug-likeness (QED) is 0.366. The van der Waals surface area contributed by atoms with Crippen molar-refractivity contribution in [3.05, 3.63) is 77.4 Å². The van der Waals surface area contributed by atoms with Crippen molar-refractivity contribution < 1.29 is 0 Å². The van der Waals surface area contributed by atoms with Crippen LogP contribution in [-0.4, -0.2) is 4.57 Å². The van der Waals surface area contributed by atoms with E-state index < -0.39 is 0 Å². The summed E-state index contributed by atoms with van der Waals surface area (Å²) in [5, 5.41) is 2.72. The van der Waals surface area contributed by atoms with Gasteiger partial charge in [-0.1, -0.05) is 63.2 Å². The number of aryl methyl sites for hydroxylation is 2. The standard InChI is InChI=1S/C24H25N/c1-16-13-14-18-22(15-16)25(20-11-7-6-9-17(20)2)21-12-8-10-19(23(18)21)24(3,4)5/h6-15H,1-5H3. The molecular formula is C24H25N. The highest BCUT2D eigenvalue weighted by Gasteiger charge is 2.22. The van der Waals surface area contributed by atoms with Gasteiger partial charge in [0.1, 0.15) is 0 Å². The summed E-state index contributed by atoms with van der Waals surface area (Å²) in [7, 11) is 0. The van der Waals surface area contributed by atoms with Gasteiger partial charge in [0, 0.05) is 16.5 Å². The van der Waals surface area contributed by atoms with E-state index in [1.165, 1.54) is 44.2 Å². The number of rotatable bonds is 1. The Kier molecular flexibility index (Phi) is 3.50. The summed E-state index contributed by atoms with van der Waals surface area (Å²) in [5.74, 6) is 0. The predicted molar refractivity (Wildman–Crippen MR) is 109 cm³/mol. The molecule has 1 heterocycles. The maximum absolute atomic E-state index is 2.43. The molecule has 25 heavy (non-hydrogen) atoms. The lowest BCUT2D eigenvalue weighted by atomic mass is 9.84. The zero-order chi connectivity index (χ0) is 17.8. The van der Waals surface area contributed by atoms with Gasteiger partial charge in [0.05, 0.1) is 11.0 Å². The van der Waals surface area contributed by atoms with Crippen molar-refractivity contribution in [2.75, 3.05) is 0 Å². The fraction of sp³-hybridized carbons (Fsp3) is 0.250. The summed E-state index contributed by atoms with van der Waals surface area (Å²) in [6.07, 6.45) is 0. The number of aromatic nitrogens is 1. The molecule has 0 N–H and O–H groups in total. The molecule has 126 valence electrons. The minimum Gasteiger partial charge on any atom is -0.309 e. The van der Waals surface area contributed by atoms with E-state index in [9.17, 15) is 0 Å². The van der Waals surface area contributed by atoms with Gasteiger partial charge in [-0.25, -0.2) is 0 Å². The average molecular weight is 327 g/mol. The van der Waals surface area contributed by atoms with Crippen molar-refractivity contribution in [3.63, 3.8) is 0 Å². The van der Waals surface area contributed by atoms with E-state index in [4.69, 9.17) is 0 Å². The fourth-order valence-electron chi connectivity index (χ4n) is 3.88. The van der Waals surface area contributed by atoms with Crippen LogP contribution in [0.2, 0.25) is 0 Å². The fourth-order valence-corrected chi connectivity index (χ4v) is 3.88. The lowest BCUT2D eigenvalue weighted by Crippen LogP contribution is -2.11. The van der Waals surface area contributed by atoms with Gasteiger partial charge in [-0.3, -0.25) is 0 Å². The van der Waals surface area contributed by atoms with E-state index in [1.807, 2.05) is 0 Å². The van der Waals surface area contributed by atoms with Gasteiger partial charge in [0.25, 0.3) is 0 Å². The predicted octanol–water partition coefficient (Wildman–Crippen LogP) is 6.70. The Balaban J connectivity index is 2.26. The van der Waals surface area contributed by atoms with Gasteiger partial charge in [-0.15, -0.1) is 0 Å². The molecule has 4 aromatic rings. The molecule has 0 bridgehead atoms. The normalized spacial score (nSPS) is 12.2. The second-order valence-electron chi connectivity index (χ2n) is 8.09. The summed E-state index contributed by atoms with van der Waals surface area (Å²) < 4.78 is 2.43. The molecule has 1 heteroatoms. The van der Waals surface area contributed by atoms with Crippen molar-refractivity contribution in [3.8, 4) is 5.69 Å². The van der Waals surface area contributed by atoms with Gasteiger partial charge < -0.3 is 4.57 Å². The van der Waals surface area contributed by atoms with Gasteiger partial charge in [-0.2, -0.15) is 0 Å². The van der Waals surface area contributed by atoms with Crippen LogP contribution >= 0.6 is 0 Å². The highest BCUT2D eigenvalue weighted by atomic mass is 15.0. The zero-order valence-electron chi connectivity index (χ0n) is 15.7. The summed E-state index contributed by atoms with van der Waals surface area (Å²) in [6, 6.07) is 22.2. The first kappa shape index (κ1) is 16.0. The minimum atomic E-state index is 0.106. The molecule has 0 radical (unpaired) electrons. The lowest BCUT2D eigenvalue weighted by molar-refractivity contribution is 0.596. The third-order valence-electron chi connectivity index (χ3n) is 5.11. The van der Waals surface area contributed by atoms with Crippen molar-refractivity contribution >= 4 is 21.8 Å². The van der Waals surface area contributed by atoms with Crippen LogP contribution in [0.25, 0.3) is 27.5 Å². The van der Waals surface area contributed by atoms with E-state index in [0.717, 1.165) is 0 Å². The molecule has 0 fully saturated rings. The van der Waals surface area contributed by atoms with Gasteiger partial charge in [-0.05, 0) is 54.2 Å². The summed E-state index contributed by atoms with van der Waals surface area (Å²) in [5.41, 5.74) is 7.95. The molecule has 0 amide bonds. The molecule has 0 aliphatic heterocycles. The Hall–Kier alpha value is -2.54. The molecule has 4 rings (SSSR count). The number of nitrogens with zero attached hydrogens (tertiary/aromatic N) is 1.